The molecule has 0 saturated carbocycles. The van der Waals surface area contributed by atoms with Gasteiger partial charge in [0.1, 0.15) is 0 Å². The van der Waals surface area contributed by atoms with Gasteiger partial charge in [0.15, 0.2) is 18.3 Å². The Labute approximate surface area is 130 Å². The Balaban J connectivity index is 2.92. The van der Waals surface area contributed by atoms with E-state index < -0.39 is 42.3 Å². The van der Waals surface area contributed by atoms with E-state index in [1.165, 1.54) is 0 Å². The Bertz CT molecular complexity index is 407. The van der Waals surface area contributed by atoms with Gasteiger partial charge in [-0.2, -0.15) is 0 Å². The summed E-state index contributed by atoms with van der Waals surface area (Å²) in [6.45, 7) is 6.80. The lowest BCUT2D eigenvalue weighted by Crippen LogP contribution is -2.56. The number of hydrogen-bond acceptors (Lipinski definition) is 7. The summed E-state index contributed by atoms with van der Waals surface area (Å²) >= 11 is 0. The van der Waals surface area contributed by atoms with Crippen molar-refractivity contribution in [1.82, 2.24) is 0 Å². The van der Waals surface area contributed by atoms with Crippen LogP contribution in [0.4, 0.5) is 0 Å². The molecule has 7 nitrogen and oxygen atoms in total. The van der Waals surface area contributed by atoms with Crippen LogP contribution in [-0.4, -0.2) is 48.9 Å². The number of esters is 3. The molecule has 0 spiro atoms. The van der Waals surface area contributed by atoms with Crippen LogP contribution >= 0.6 is 0 Å². The SMILES string of the molecule is CCC(=O)O[C@@H]1[C@H](OC(=O)CC)[C@H](OC(=O)CC)CO[C@H]1C. The van der Waals surface area contributed by atoms with Crippen molar-refractivity contribution < 1.29 is 33.3 Å². The van der Waals surface area contributed by atoms with E-state index in [-0.39, 0.29) is 25.9 Å². The van der Waals surface area contributed by atoms with Crippen molar-refractivity contribution in [3.63, 3.8) is 0 Å². The molecule has 1 aliphatic rings. The van der Waals surface area contributed by atoms with Gasteiger partial charge in [0.25, 0.3) is 0 Å². The molecule has 1 saturated heterocycles. The molecule has 0 N–H and O–H groups in total. The lowest BCUT2D eigenvalue weighted by molar-refractivity contribution is -0.224. The van der Waals surface area contributed by atoms with Crippen LogP contribution < -0.4 is 0 Å². The summed E-state index contributed by atoms with van der Waals surface area (Å²) in [5.41, 5.74) is 0. The second-order valence-corrected chi connectivity index (χ2v) is 5.04. The van der Waals surface area contributed by atoms with Gasteiger partial charge in [0.2, 0.25) is 0 Å². The summed E-state index contributed by atoms with van der Waals surface area (Å²) in [5, 5.41) is 0. The first kappa shape index (κ1) is 18.4. The second-order valence-electron chi connectivity index (χ2n) is 5.04. The third kappa shape index (κ3) is 4.98. The average molecular weight is 316 g/mol. The molecule has 0 bridgehead atoms. The quantitative estimate of drug-likeness (QED) is 0.540. The van der Waals surface area contributed by atoms with Gasteiger partial charge in [-0.3, -0.25) is 14.4 Å². The van der Waals surface area contributed by atoms with Gasteiger partial charge in [0, 0.05) is 19.3 Å². The van der Waals surface area contributed by atoms with Gasteiger partial charge in [-0.15, -0.1) is 0 Å². The molecule has 0 aromatic carbocycles. The summed E-state index contributed by atoms with van der Waals surface area (Å²) < 4.78 is 21.4. The molecule has 0 aliphatic carbocycles. The fourth-order valence-corrected chi connectivity index (χ4v) is 2.04. The molecule has 1 rings (SSSR count). The van der Waals surface area contributed by atoms with E-state index in [0.717, 1.165) is 0 Å². The third-order valence-electron chi connectivity index (χ3n) is 3.36. The van der Waals surface area contributed by atoms with E-state index in [1.807, 2.05) is 0 Å². The lowest BCUT2D eigenvalue weighted by Gasteiger charge is -2.39. The van der Waals surface area contributed by atoms with E-state index in [4.69, 9.17) is 18.9 Å². The van der Waals surface area contributed by atoms with Gasteiger partial charge in [-0.05, 0) is 6.92 Å². The Kier molecular flexibility index (Phi) is 7.31. The Hall–Kier alpha value is -1.63. The maximum Gasteiger partial charge on any atom is 0.306 e. The topological polar surface area (TPSA) is 88.1 Å². The molecule has 7 heteroatoms. The minimum absolute atomic E-state index is 0.0920. The molecule has 1 fully saturated rings. The Morgan fingerprint density at radius 3 is 1.82 bits per heavy atom. The Morgan fingerprint density at radius 1 is 0.864 bits per heavy atom. The highest BCUT2D eigenvalue weighted by molar-refractivity contribution is 5.71. The molecule has 22 heavy (non-hydrogen) atoms. The predicted molar refractivity (Wildman–Crippen MR) is 75.9 cm³/mol. The third-order valence-corrected chi connectivity index (χ3v) is 3.36. The van der Waals surface area contributed by atoms with Crippen molar-refractivity contribution in [2.75, 3.05) is 6.61 Å². The molecule has 0 amide bonds. The van der Waals surface area contributed by atoms with Crippen LogP contribution in [0.1, 0.15) is 47.0 Å². The van der Waals surface area contributed by atoms with E-state index >= 15 is 0 Å². The van der Waals surface area contributed by atoms with Crippen molar-refractivity contribution in [2.24, 2.45) is 0 Å². The van der Waals surface area contributed by atoms with E-state index in [0.29, 0.717) is 0 Å². The first-order valence-corrected chi connectivity index (χ1v) is 7.62. The maximum atomic E-state index is 11.6. The van der Waals surface area contributed by atoms with Gasteiger partial charge < -0.3 is 18.9 Å². The van der Waals surface area contributed by atoms with Crippen molar-refractivity contribution in [2.45, 2.75) is 71.4 Å². The summed E-state index contributed by atoms with van der Waals surface area (Å²) in [5.74, 6) is -1.31. The summed E-state index contributed by atoms with van der Waals surface area (Å²) in [6.07, 6.45) is -2.34. The van der Waals surface area contributed by atoms with Crippen LogP contribution in [-0.2, 0) is 33.3 Å². The normalized spacial score (nSPS) is 27.8. The number of carbonyl (C=O) groups is 3. The van der Waals surface area contributed by atoms with E-state index in [1.54, 1.807) is 27.7 Å². The first-order chi connectivity index (χ1) is 10.4. The van der Waals surface area contributed by atoms with Crippen LogP contribution in [0.5, 0.6) is 0 Å². The van der Waals surface area contributed by atoms with Crippen molar-refractivity contribution in [1.29, 1.82) is 0 Å². The summed E-state index contributed by atoms with van der Waals surface area (Å²) in [6, 6.07) is 0. The molecule has 1 aliphatic heterocycles. The lowest BCUT2D eigenvalue weighted by atomic mass is 10.00. The molecule has 0 aromatic heterocycles. The van der Waals surface area contributed by atoms with Crippen LogP contribution in [0.15, 0.2) is 0 Å². The van der Waals surface area contributed by atoms with Crippen molar-refractivity contribution in [3.05, 3.63) is 0 Å². The molecular formula is C15H24O7. The fourth-order valence-electron chi connectivity index (χ4n) is 2.04. The molecule has 0 unspecified atom stereocenters. The number of ether oxygens (including phenoxy) is 4. The first-order valence-electron chi connectivity index (χ1n) is 7.62. The molecular weight excluding hydrogens is 292 g/mol. The van der Waals surface area contributed by atoms with Gasteiger partial charge in [0.05, 0.1) is 12.7 Å². The largest absolute Gasteiger partial charge is 0.456 e. The highest BCUT2D eigenvalue weighted by Gasteiger charge is 2.45. The zero-order valence-electron chi connectivity index (χ0n) is 13.5. The summed E-state index contributed by atoms with van der Waals surface area (Å²) in [4.78, 5) is 34.8. The standard InChI is InChI=1S/C15H24O7/c1-5-11(16)20-10-8-19-9(4)14(21-12(17)6-2)15(10)22-13(18)7-3/h9-10,14-15H,5-8H2,1-4H3/t9-,10+,14-,15+/m0/s1. The van der Waals surface area contributed by atoms with Crippen LogP contribution in [0.2, 0.25) is 0 Å². The van der Waals surface area contributed by atoms with Gasteiger partial charge in [-0.1, -0.05) is 20.8 Å². The number of hydrogen-bond donors (Lipinski definition) is 0. The molecule has 4 atom stereocenters. The van der Waals surface area contributed by atoms with Crippen LogP contribution in [0.25, 0.3) is 0 Å². The summed E-state index contributed by atoms with van der Waals surface area (Å²) in [7, 11) is 0. The number of carbonyl (C=O) groups excluding carboxylic acids is 3. The zero-order valence-corrected chi connectivity index (χ0v) is 13.5. The van der Waals surface area contributed by atoms with Crippen molar-refractivity contribution in [3.8, 4) is 0 Å². The van der Waals surface area contributed by atoms with E-state index in [2.05, 4.69) is 0 Å². The second kappa shape index (κ2) is 8.73. The number of rotatable bonds is 6. The highest BCUT2D eigenvalue weighted by Crippen LogP contribution is 2.24. The van der Waals surface area contributed by atoms with Gasteiger partial charge in [-0.25, -0.2) is 0 Å². The minimum atomic E-state index is -0.859. The fraction of sp³-hybridized carbons (Fsp3) is 0.800. The van der Waals surface area contributed by atoms with E-state index in [9.17, 15) is 14.4 Å². The minimum Gasteiger partial charge on any atom is -0.456 e. The molecule has 0 radical (unpaired) electrons. The monoisotopic (exact) mass is 316 g/mol. The molecule has 126 valence electrons. The Morgan fingerprint density at radius 2 is 1.32 bits per heavy atom. The van der Waals surface area contributed by atoms with Crippen LogP contribution in [0, 0.1) is 0 Å². The predicted octanol–water partition coefficient (Wildman–Crippen LogP) is 1.37. The smallest absolute Gasteiger partial charge is 0.306 e. The van der Waals surface area contributed by atoms with Crippen LogP contribution in [0.3, 0.4) is 0 Å². The molecule has 0 aromatic rings. The zero-order chi connectivity index (χ0) is 16.7. The van der Waals surface area contributed by atoms with Crippen molar-refractivity contribution >= 4 is 17.9 Å². The highest BCUT2D eigenvalue weighted by atomic mass is 16.6. The van der Waals surface area contributed by atoms with Gasteiger partial charge >= 0.3 is 17.9 Å². The maximum absolute atomic E-state index is 11.6. The average Bonchev–Trinajstić information content (AvgIpc) is 2.52. The molecule has 1 heterocycles.